The summed E-state index contributed by atoms with van der Waals surface area (Å²) in [6.07, 6.45) is 1.64. The van der Waals surface area contributed by atoms with Crippen molar-refractivity contribution in [1.29, 1.82) is 0 Å². The molecule has 120 valence electrons. The molecule has 0 unspecified atom stereocenters. The zero-order valence-corrected chi connectivity index (χ0v) is 13.7. The third-order valence-corrected chi connectivity index (χ3v) is 5.63. The van der Waals surface area contributed by atoms with E-state index in [2.05, 4.69) is 4.90 Å². The third-order valence-electron chi connectivity index (χ3n) is 4.90. The average molecular weight is 344 g/mol. The first-order valence-corrected chi connectivity index (χ1v) is 8.23. The van der Waals surface area contributed by atoms with Gasteiger partial charge in [-0.2, -0.15) is 0 Å². The van der Waals surface area contributed by atoms with Crippen LogP contribution in [-0.2, 0) is 16.1 Å². The van der Waals surface area contributed by atoms with E-state index in [0.29, 0.717) is 36.3 Å². The molecule has 1 spiro atoms. The third kappa shape index (κ3) is 3.11. The topological polar surface area (TPSA) is 49.8 Å². The van der Waals surface area contributed by atoms with Crippen LogP contribution in [0.1, 0.15) is 18.4 Å². The van der Waals surface area contributed by atoms with Gasteiger partial charge in [0.15, 0.2) is 0 Å². The van der Waals surface area contributed by atoms with Crippen LogP contribution in [0.15, 0.2) is 18.2 Å². The van der Waals surface area contributed by atoms with Gasteiger partial charge in [-0.05, 0) is 30.5 Å². The van der Waals surface area contributed by atoms with Crippen molar-refractivity contribution in [2.45, 2.75) is 19.4 Å². The highest BCUT2D eigenvalue weighted by Gasteiger charge is 2.50. The van der Waals surface area contributed by atoms with Crippen LogP contribution in [0, 0.1) is 11.3 Å². The molecule has 2 saturated heterocycles. The highest BCUT2D eigenvalue weighted by molar-refractivity contribution is 6.42. The van der Waals surface area contributed by atoms with Gasteiger partial charge in [-0.1, -0.05) is 29.3 Å². The highest BCUT2D eigenvalue weighted by Crippen LogP contribution is 2.44. The molecule has 22 heavy (non-hydrogen) atoms. The second kappa shape index (κ2) is 6.36. The molecular weight excluding hydrogens is 325 g/mol. The van der Waals surface area contributed by atoms with Crippen LogP contribution in [0.3, 0.4) is 0 Å². The van der Waals surface area contributed by atoms with Gasteiger partial charge in [0.05, 0.1) is 16.0 Å². The molecule has 1 atom stereocenters. The molecule has 6 heteroatoms. The molecular formula is C16H19Cl2NO3. The summed E-state index contributed by atoms with van der Waals surface area (Å²) in [5.41, 5.74) is 0.906. The summed E-state index contributed by atoms with van der Waals surface area (Å²) in [6.45, 7) is 3.39. The first-order valence-electron chi connectivity index (χ1n) is 7.47. The van der Waals surface area contributed by atoms with Gasteiger partial charge >= 0.3 is 5.97 Å². The molecule has 2 fully saturated rings. The number of carboxylic acid groups (broad SMARTS) is 1. The predicted molar refractivity (Wildman–Crippen MR) is 85.4 cm³/mol. The van der Waals surface area contributed by atoms with Crippen molar-refractivity contribution in [1.82, 2.24) is 4.90 Å². The molecule has 2 heterocycles. The van der Waals surface area contributed by atoms with Crippen molar-refractivity contribution < 1.29 is 14.6 Å². The normalized spacial score (nSPS) is 24.7. The minimum Gasteiger partial charge on any atom is -0.481 e. The summed E-state index contributed by atoms with van der Waals surface area (Å²) in [5.74, 6) is -1.02. The Bertz CT molecular complexity index is 573. The van der Waals surface area contributed by atoms with Gasteiger partial charge in [-0.3, -0.25) is 9.69 Å². The summed E-state index contributed by atoms with van der Waals surface area (Å²) in [7, 11) is 0. The zero-order valence-electron chi connectivity index (χ0n) is 12.2. The first kappa shape index (κ1) is 16.1. The molecule has 2 aliphatic heterocycles. The highest BCUT2D eigenvalue weighted by atomic mass is 35.5. The van der Waals surface area contributed by atoms with Gasteiger partial charge in [-0.15, -0.1) is 0 Å². The molecule has 0 radical (unpaired) electrons. The van der Waals surface area contributed by atoms with Crippen molar-refractivity contribution >= 4 is 29.2 Å². The fourth-order valence-corrected chi connectivity index (χ4v) is 4.03. The molecule has 0 bridgehead atoms. The van der Waals surface area contributed by atoms with E-state index in [1.54, 1.807) is 6.07 Å². The Balaban J connectivity index is 1.75. The van der Waals surface area contributed by atoms with E-state index >= 15 is 0 Å². The van der Waals surface area contributed by atoms with Crippen molar-refractivity contribution in [2.75, 3.05) is 26.3 Å². The Morgan fingerprint density at radius 1 is 1.32 bits per heavy atom. The summed E-state index contributed by atoms with van der Waals surface area (Å²) in [4.78, 5) is 13.9. The summed E-state index contributed by atoms with van der Waals surface area (Å²) in [5, 5.41) is 10.7. The predicted octanol–water partition coefficient (Wildman–Crippen LogP) is 3.31. The first-order chi connectivity index (χ1) is 10.5. The molecule has 0 amide bonds. The Morgan fingerprint density at radius 2 is 2.05 bits per heavy atom. The van der Waals surface area contributed by atoms with Crippen LogP contribution in [0.4, 0.5) is 0 Å². The minimum atomic E-state index is -0.696. The average Bonchev–Trinajstić information content (AvgIpc) is 2.82. The van der Waals surface area contributed by atoms with Gasteiger partial charge in [0, 0.05) is 38.3 Å². The van der Waals surface area contributed by atoms with Gasteiger partial charge in [0.25, 0.3) is 0 Å². The van der Waals surface area contributed by atoms with E-state index in [0.717, 1.165) is 24.9 Å². The van der Waals surface area contributed by atoms with Crippen molar-refractivity contribution in [2.24, 2.45) is 11.3 Å². The maximum Gasteiger partial charge on any atom is 0.308 e. The van der Waals surface area contributed by atoms with Crippen LogP contribution in [0.25, 0.3) is 0 Å². The SMILES string of the molecule is O=C(O)[C@H]1CN(Cc2ccc(Cl)c(Cl)c2)CC12CCOCC2. The van der Waals surface area contributed by atoms with E-state index in [4.69, 9.17) is 27.9 Å². The van der Waals surface area contributed by atoms with Crippen LogP contribution in [0.2, 0.25) is 10.0 Å². The van der Waals surface area contributed by atoms with Gasteiger partial charge in [0.2, 0.25) is 0 Å². The molecule has 4 nitrogen and oxygen atoms in total. The lowest BCUT2D eigenvalue weighted by atomic mass is 9.72. The lowest BCUT2D eigenvalue weighted by Gasteiger charge is -2.36. The molecule has 2 aliphatic rings. The monoisotopic (exact) mass is 343 g/mol. The Morgan fingerprint density at radius 3 is 2.68 bits per heavy atom. The van der Waals surface area contributed by atoms with E-state index in [1.165, 1.54) is 0 Å². The number of likely N-dealkylation sites (tertiary alicyclic amines) is 1. The van der Waals surface area contributed by atoms with E-state index in [9.17, 15) is 9.90 Å². The number of hydrogen-bond acceptors (Lipinski definition) is 3. The molecule has 3 rings (SSSR count). The standard InChI is InChI=1S/C16H19Cl2NO3/c17-13-2-1-11(7-14(13)18)8-19-9-12(15(20)21)16(10-19)3-5-22-6-4-16/h1-2,7,12H,3-6,8-10H2,(H,20,21)/t12-/m1/s1. The second-order valence-electron chi connectivity index (χ2n) is 6.28. The van der Waals surface area contributed by atoms with Crippen LogP contribution >= 0.6 is 23.2 Å². The lowest BCUT2D eigenvalue weighted by Crippen LogP contribution is -2.40. The summed E-state index contributed by atoms with van der Waals surface area (Å²) < 4.78 is 5.42. The van der Waals surface area contributed by atoms with Crippen LogP contribution in [0.5, 0.6) is 0 Å². The van der Waals surface area contributed by atoms with Gasteiger partial charge in [-0.25, -0.2) is 0 Å². The largest absolute Gasteiger partial charge is 0.481 e. The van der Waals surface area contributed by atoms with Crippen molar-refractivity contribution in [3.8, 4) is 0 Å². The van der Waals surface area contributed by atoms with E-state index < -0.39 is 5.97 Å². The Labute approximate surface area is 140 Å². The van der Waals surface area contributed by atoms with Crippen LogP contribution < -0.4 is 0 Å². The minimum absolute atomic E-state index is 0.152. The number of carboxylic acids is 1. The van der Waals surface area contributed by atoms with Gasteiger partial charge < -0.3 is 9.84 Å². The smallest absolute Gasteiger partial charge is 0.308 e. The lowest BCUT2D eigenvalue weighted by molar-refractivity contribution is -0.146. The summed E-state index contributed by atoms with van der Waals surface area (Å²) in [6, 6.07) is 5.59. The number of aliphatic carboxylic acids is 1. The fourth-order valence-electron chi connectivity index (χ4n) is 3.71. The molecule has 1 aromatic rings. The zero-order chi connectivity index (χ0) is 15.7. The molecule has 1 N–H and O–H groups in total. The van der Waals surface area contributed by atoms with Crippen molar-refractivity contribution in [3.63, 3.8) is 0 Å². The Kier molecular flexibility index (Phi) is 4.64. The number of halogens is 2. The Hall–Kier alpha value is -0.810. The molecule has 0 aromatic heterocycles. The maximum absolute atomic E-state index is 11.7. The number of ether oxygens (including phenoxy) is 1. The summed E-state index contributed by atoms with van der Waals surface area (Å²) >= 11 is 12.0. The number of benzene rings is 1. The number of carbonyl (C=O) groups is 1. The van der Waals surface area contributed by atoms with Crippen molar-refractivity contribution in [3.05, 3.63) is 33.8 Å². The number of hydrogen-bond donors (Lipinski definition) is 1. The van der Waals surface area contributed by atoms with Gasteiger partial charge in [0.1, 0.15) is 0 Å². The quantitative estimate of drug-likeness (QED) is 0.914. The number of rotatable bonds is 3. The van der Waals surface area contributed by atoms with E-state index in [-0.39, 0.29) is 11.3 Å². The second-order valence-corrected chi connectivity index (χ2v) is 7.10. The maximum atomic E-state index is 11.7. The molecule has 1 aromatic carbocycles. The van der Waals surface area contributed by atoms with E-state index in [1.807, 2.05) is 12.1 Å². The molecule has 0 aliphatic carbocycles. The fraction of sp³-hybridized carbons (Fsp3) is 0.562. The van der Waals surface area contributed by atoms with Crippen LogP contribution in [-0.4, -0.2) is 42.3 Å². The number of nitrogens with zero attached hydrogens (tertiary/aromatic N) is 1. The molecule has 0 saturated carbocycles.